The molecule has 2 aliphatic rings. The van der Waals surface area contributed by atoms with Crippen molar-refractivity contribution in [2.45, 2.75) is 25.7 Å². The van der Waals surface area contributed by atoms with Crippen molar-refractivity contribution in [2.24, 2.45) is 0 Å². The summed E-state index contributed by atoms with van der Waals surface area (Å²) < 4.78 is 4.72. The minimum absolute atomic E-state index is 0.645. The maximum atomic E-state index is 10.1. The van der Waals surface area contributed by atoms with Gasteiger partial charge in [0.15, 0.2) is 0 Å². The van der Waals surface area contributed by atoms with Crippen LogP contribution in [-0.2, 0) is 12.8 Å². The molecule has 4 nitrogen and oxygen atoms in total. The number of fused-ring (bicyclic) bond motifs is 6. The number of benzene rings is 4. The summed E-state index contributed by atoms with van der Waals surface area (Å²) >= 11 is 0. The monoisotopic (exact) mass is 538 g/mol. The van der Waals surface area contributed by atoms with E-state index < -0.39 is 0 Å². The first-order valence-electron chi connectivity index (χ1n) is 14.4. The largest absolute Gasteiger partial charge is 0.311 e. The molecule has 0 aliphatic heterocycles. The lowest BCUT2D eigenvalue weighted by atomic mass is 9.88. The van der Waals surface area contributed by atoms with Crippen LogP contribution in [0.4, 0.5) is 0 Å². The highest BCUT2D eigenvalue weighted by atomic mass is 15.0. The second-order valence-corrected chi connectivity index (χ2v) is 11.0. The Balaban J connectivity index is 1.47. The van der Waals surface area contributed by atoms with Crippen molar-refractivity contribution in [2.75, 3.05) is 0 Å². The lowest BCUT2D eigenvalue weighted by Gasteiger charge is -2.22. The number of rotatable bonds is 3. The molecule has 0 bridgehead atoms. The lowest BCUT2D eigenvalue weighted by Crippen LogP contribution is -2.10. The molecule has 4 heteroatoms. The number of allylic oxidation sites excluding steroid dienone is 2. The van der Waals surface area contributed by atoms with E-state index in [-0.39, 0.29) is 0 Å². The van der Waals surface area contributed by atoms with Gasteiger partial charge in [0, 0.05) is 33.3 Å². The third-order valence-corrected chi connectivity index (χ3v) is 8.75. The topological polar surface area (TPSA) is 57.4 Å². The molecule has 0 atom stereocenters. The standard InChI is InChI=1S/C38H26N4/c39-23-25-19-21-27(22-20-25)41-35-17-5-2-10-28(35)30-12-7-14-32(37(30)41)33-15-8-13-31-29-11-3-6-18-36(29)42(38(31)33)34-16-4-1-9-26(34)24-40/h1-5,7,9-12,14-17,19-22H,6,8,13,18H2. The molecule has 2 aromatic heterocycles. The summed E-state index contributed by atoms with van der Waals surface area (Å²) in [6.45, 7) is 0. The molecule has 8 rings (SSSR count). The van der Waals surface area contributed by atoms with Gasteiger partial charge in [0.25, 0.3) is 0 Å². The van der Waals surface area contributed by atoms with E-state index in [4.69, 9.17) is 0 Å². The maximum Gasteiger partial charge on any atom is 0.101 e. The van der Waals surface area contributed by atoms with Crippen LogP contribution in [0.3, 0.4) is 0 Å². The number of nitriles is 2. The molecule has 6 aromatic rings. The van der Waals surface area contributed by atoms with E-state index in [0.29, 0.717) is 11.1 Å². The SMILES string of the molecule is N#Cc1ccc(-n2c3ccccc3c3cccc(C4=CCCc5c6c(n(-c7ccccc7C#N)c54)CCC=C6)c32)cc1. The summed E-state index contributed by atoms with van der Waals surface area (Å²) in [5.41, 5.74) is 13.1. The average molecular weight is 539 g/mol. The third-order valence-electron chi connectivity index (χ3n) is 8.75. The molecular formula is C38H26N4. The molecule has 198 valence electrons. The number of nitrogens with zero attached hydrogens (tertiary/aromatic N) is 4. The fourth-order valence-corrected chi connectivity index (χ4v) is 7.01. The van der Waals surface area contributed by atoms with Crippen molar-refractivity contribution in [3.8, 4) is 23.5 Å². The number of aromatic nitrogens is 2. The van der Waals surface area contributed by atoms with Crippen LogP contribution in [0.2, 0.25) is 0 Å². The second kappa shape index (κ2) is 9.51. The van der Waals surface area contributed by atoms with E-state index in [0.717, 1.165) is 48.1 Å². The molecule has 2 heterocycles. The molecule has 2 aliphatic carbocycles. The van der Waals surface area contributed by atoms with Gasteiger partial charge in [-0.2, -0.15) is 10.5 Å². The van der Waals surface area contributed by atoms with Crippen LogP contribution in [-0.4, -0.2) is 9.13 Å². The summed E-state index contributed by atoms with van der Waals surface area (Å²) in [4.78, 5) is 0. The second-order valence-electron chi connectivity index (χ2n) is 11.0. The predicted octanol–water partition coefficient (Wildman–Crippen LogP) is 8.66. The van der Waals surface area contributed by atoms with Gasteiger partial charge in [-0.3, -0.25) is 0 Å². The molecule has 0 fully saturated rings. The first kappa shape index (κ1) is 24.2. The van der Waals surface area contributed by atoms with Gasteiger partial charge in [0.1, 0.15) is 6.07 Å². The average Bonchev–Trinajstić information content (AvgIpc) is 3.58. The zero-order valence-electron chi connectivity index (χ0n) is 23.0. The number of hydrogen-bond donors (Lipinski definition) is 0. The Morgan fingerprint density at radius 1 is 0.690 bits per heavy atom. The maximum absolute atomic E-state index is 10.1. The van der Waals surface area contributed by atoms with Gasteiger partial charge in [0.05, 0.1) is 39.6 Å². The zero-order chi connectivity index (χ0) is 28.2. The Kier molecular flexibility index (Phi) is 5.49. The molecule has 0 amide bonds. The van der Waals surface area contributed by atoms with Gasteiger partial charge in [-0.1, -0.05) is 66.8 Å². The zero-order valence-corrected chi connectivity index (χ0v) is 23.0. The molecular weight excluding hydrogens is 512 g/mol. The van der Waals surface area contributed by atoms with Crippen LogP contribution in [0.5, 0.6) is 0 Å². The molecule has 42 heavy (non-hydrogen) atoms. The van der Waals surface area contributed by atoms with Crippen LogP contribution in [0.1, 0.15) is 52.0 Å². The van der Waals surface area contributed by atoms with Gasteiger partial charge in [-0.05, 0) is 79.3 Å². The van der Waals surface area contributed by atoms with E-state index >= 15 is 0 Å². The third kappa shape index (κ3) is 3.46. The molecule has 4 aromatic carbocycles. The van der Waals surface area contributed by atoms with Crippen molar-refractivity contribution < 1.29 is 0 Å². The van der Waals surface area contributed by atoms with Crippen molar-refractivity contribution >= 4 is 33.5 Å². The first-order valence-corrected chi connectivity index (χ1v) is 14.4. The highest BCUT2D eigenvalue weighted by Gasteiger charge is 2.30. The predicted molar refractivity (Wildman–Crippen MR) is 169 cm³/mol. The highest BCUT2D eigenvalue weighted by molar-refractivity contribution is 6.13. The quantitative estimate of drug-likeness (QED) is 0.226. The van der Waals surface area contributed by atoms with E-state index in [1.165, 1.54) is 44.4 Å². The van der Waals surface area contributed by atoms with Gasteiger partial charge < -0.3 is 9.13 Å². The Hall–Kier alpha value is -5.58. The van der Waals surface area contributed by atoms with E-state index in [2.05, 4.69) is 88.0 Å². The Labute approximate surface area is 244 Å². The minimum atomic E-state index is 0.645. The van der Waals surface area contributed by atoms with E-state index in [1.807, 2.05) is 42.5 Å². The van der Waals surface area contributed by atoms with Crippen molar-refractivity contribution in [1.82, 2.24) is 9.13 Å². The molecule has 0 N–H and O–H groups in total. The van der Waals surface area contributed by atoms with Gasteiger partial charge in [-0.25, -0.2) is 0 Å². The van der Waals surface area contributed by atoms with Gasteiger partial charge in [0.2, 0.25) is 0 Å². The fraction of sp³-hybridized carbons (Fsp3) is 0.105. The smallest absolute Gasteiger partial charge is 0.101 e. The van der Waals surface area contributed by atoms with Crippen LogP contribution in [0, 0.1) is 22.7 Å². The Morgan fingerprint density at radius 2 is 1.50 bits per heavy atom. The van der Waals surface area contributed by atoms with Crippen LogP contribution in [0.25, 0.3) is 44.8 Å². The summed E-state index contributed by atoms with van der Waals surface area (Å²) in [6.07, 6.45) is 10.8. The van der Waals surface area contributed by atoms with Crippen LogP contribution in [0.15, 0.2) is 103 Å². The van der Waals surface area contributed by atoms with Gasteiger partial charge in [-0.15, -0.1) is 0 Å². The first-order chi connectivity index (χ1) is 20.8. The summed E-state index contributed by atoms with van der Waals surface area (Å²) in [5, 5.41) is 22.0. The molecule has 0 unspecified atom stereocenters. The lowest BCUT2D eigenvalue weighted by molar-refractivity contribution is 0.863. The summed E-state index contributed by atoms with van der Waals surface area (Å²) in [7, 11) is 0. The summed E-state index contributed by atoms with van der Waals surface area (Å²) in [6, 6.07) is 35.7. The summed E-state index contributed by atoms with van der Waals surface area (Å²) in [5.74, 6) is 0. The number of hydrogen-bond acceptors (Lipinski definition) is 2. The van der Waals surface area contributed by atoms with Crippen molar-refractivity contribution in [1.29, 1.82) is 10.5 Å². The van der Waals surface area contributed by atoms with Crippen molar-refractivity contribution in [3.63, 3.8) is 0 Å². The fourth-order valence-electron chi connectivity index (χ4n) is 7.01. The number of para-hydroxylation sites is 3. The molecule has 0 radical (unpaired) electrons. The normalized spacial score (nSPS) is 13.8. The van der Waals surface area contributed by atoms with Crippen LogP contribution < -0.4 is 0 Å². The van der Waals surface area contributed by atoms with E-state index in [1.54, 1.807) is 0 Å². The Bertz CT molecular complexity index is 2200. The molecule has 0 saturated heterocycles. The highest BCUT2D eigenvalue weighted by Crippen LogP contribution is 2.45. The molecule has 0 spiro atoms. The van der Waals surface area contributed by atoms with Crippen molar-refractivity contribution in [3.05, 3.63) is 142 Å². The minimum Gasteiger partial charge on any atom is -0.311 e. The molecule has 0 saturated carbocycles. The van der Waals surface area contributed by atoms with E-state index in [9.17, 15) is 10.5 Å². The van der Waals surface area contributed by atoms with Crippen LogP contribution >= 0.6 is 0 Å². The Morgan fingerprint density at radius 3 is 2.36 bits per heavy atom. The van der Waals surface area contributed by atoms with Gasteiger partial charge >= 0.3 is 0 Å².